The molecule has 31 heavy (non-hydrogen) atoms. The Morgan fingerprint density at radius 2 is 1.94 bits per heavy atom. The minimum absolute atomic E-state index is 0.0271. The third-order valence-electron chi connectivity index (χ3n) is 5.15. The molecule has 1 N–H and O–H groups in total. The van der Waals surface area contributed by atoms with Gasteiger partial charge in [0.1, 0.15) is 17.7 Å². The van der Waals surface area contributed by atoms with E-state index in [4.69, 9.17) is 4.74 Å². The van der Waals surface area contributed by atoms with Crippen LogP contribution in [0.2, 0.25) is 0 Å². The number of hydrogen-bond acceptors (Lipinski definition) is 7. The first-order valence-corrected chi connectivity index (χ1v) is 10.0. The molecule has 1 unspecified atom stereocenters. The number of amides is 1. The molecule has 0 radical (unpaired) electrons. The van der Waals surface area contributed by atoms with Crippen molar-refractivity contribution in [3.8, 4) is 0 Å². The van der Waals surface area contributed by atoms with Crippen molar-refractivity contribution in [1.82, 2.24) is 24.8 Å². The number of benzene rings is 1. The molecule has 0 bridgehead atoms. The maximum absolute atomic E-state index is 13.3. The van der Waals surface area contributed by atoms with E-state index in [0.29, 0.717) is 36.9 Å². The molecule has 1 fully saturated rings. The van der Waals surface area contributed by atoms with Gasteiger partial charge in [0.25, 0.3) is 5.91 Å². The fourth-order valence-electron chi connectivity index (χ4n) is 3.67. The van der Waals surface area contributed by atoms with Crippen LogP contribution in [0, 0.1) is 0 Å². The molecule has 0 spiro atoms. The zero-order valence-electron chi connectivity index (χ0n) is 16.7. The second-order valence-corrected chi connectivity index (χ2v) is 7.15. The lowest BCUT2D eigenvalue weighted by Gasteiger charge is -2.33. The minimum atomic E-state index is -0.311. The van der Waals surface area contributed by atoms with Crippen molar-refractivity contribution < 1.29 is 9.53 Å². The molecule has 1 saturated heterocycles. The average molecular weight is 412 g/mol. The molecule has 0 saturated carbocycles. The Morgan fingerprint density at radius 3 is 2.84 bits per heavy atom. The molecule has 4 heterocycles. The Labute approximate surface area is 179 Å². The highest BCUT2D eigenvalue weighted by Gasteiger charge is 2.28. The van der Waals surface area contributed by atoms with Gasteiger partial charge < -0.3 is 15.0 Å². The number of rotatable bonds is 4. The van der Waals surface area contributed by atoms with E-state index in [9.17, 15) is 4.79 Å². The van der Waals surface area contributed by atoms with Gasteiger partial charge in [0.15, 0.2) is 0 Å². The molecule has 4 aromatic rings. The first-order valence-electron chi connectivity index (χ1n) is 10.0. The first kappa shape index (κ1) is 19.1. The Kier molecular flexibility index (Phi) is 5.20. The maximum Gasteiger partial charge on any atom is 0.254 e. The van der Waals surface area contributed by atoms with Crippen LogP contribution in [0.5, 0.6) is 0 Å². The Hall–Kier alpha value is -3.91. The van der Waals surface area contributed by atoms with Crippen LogP contribution in [0.15, 0.2) is 73.3 Å². The number of ether oxygens (including phenoxy) is 1. The molecule has 8 heteroatoms. The van der Waals surface area contributed by atoms with Crippen molar-refractivity contribution in [2.45, 2.75) is 6.10 Å². The summed E-state index contributed by atoms with van der Waals surface area (Å²) >= 11 is 0. The predicted octanol–water partition coefficient (Wildman–Crippen LogP) is 3.38. The number of nitrogens with one attached hydrogen (secondary N) is 1. The van der Waals surface area contributed by atoms with Gasteiger partial charge in [-0.05, 0) is 30.3 Å². The van der Waals surface area contributed by atoms with E-state index in [1.807, 2.05) is 53.4 Å². The van der Waals surface area contributed by atoms with E-state index in [2.05, 4.69) is 25.3 Å². The topological polar surface area (TPSA) is 93.1 Å². The predicted molar refractivity (Wildman–Crippen MR) is 116 cm³/mol. The summed E-state index contributed by atoms with van der Waals surface area (Å²) in [5.74, 6) is 1.23. The van der Waals surface area contributed by atoms with Crippen molar-refractivity contribution in [2.24, 2.45) is 0 Å². The van der Waals surface area contributed by atoms with Gasteiger partial charge in [-0.25, -0.2) is 9.97 Å². The van der Waals surface area contributed by atoms with Gasteiger partial charge in [-0.1, -0.05) is 18.2 Å². The molecule has 1 aliphatic heterocycles. The van der Waals surface area contributed by atoms with Crippen molar-refractivity contribution in [2.75, 3.05) is 25.0 Å². The van der Waals surface area contributed by atoms with E-state index < -0.39 is 0 Å². The number of carbonyl (C=O) groups is 1. The summed E-state index contributed by atoms with van der Waals surface area (Å²) in [5, 5.41) is 3.99. The summed E-state index contributed by atoms with van der Waals surface area (Å²) in [4.78, 5) is 32.4. The molecule has 3 aromatic heterocycles. The fourth-order valence-corrected chi connectivity index (χ4v) is 3.67. The number of pyridine rings is 2. The molecule has 5 rings (SSSR count). The number of aromatic nitrogens is 4. The maximum atomic E-state index is 13.3. The molecule has 8 nitrogen and oxygen atoms in total. The number of fused-ring (bicyclic) bond motifs is 1. The van der Waals surface area contributed by atoms with Crippen LogP contribution >= 0.6 is 0 Å². The van der Waals surface area contributed by atoms with Gasteiger partial charge in [-0.2, -0.15) is 0 Å². The first-order chi connectivity index (χ1) is 15.3. The molecule has 1 amide bonds. The number of anilines is 2. The number of hydrogen-bond donors (Lipinski definition) is 1. The van der Waals surface area contributed by atoms with Crippen molar-refractivity contribution >= 4 is 28.4 Å². The summed E-state index contributed by atoms with van der Waals surface area (Å²) in [6.07, 6.45) is 6.28. The van der Waals surface area contributed by atoms with Crippen LogP contribution in [0.3, 0.4) is 0 Å². The zero-order valence-corrected chi connectivity index (χ0v) is 16.7. The lowest BCUT2D eigenvalue weighted by atomic mass is 10.1. The zero-order chi connectivity index (χ0) is 21.0. The summed E-state index contributed by atoms with van der Waals surface area (Å²) in [7, 11) is 0. The van der Waals surface area contributed by atoms with Gasteiger partial charge in [0.05, 0.1) is 30.6 Å². The van der Waals surface area contributed by atoms with Gasteiger partial charge in [-0.3, -0.25) is 14.8 Å². The summed E-state index contributed by atoms with van der Waals surface area (Å²) < 4.78 is 5.95. The van der Waals surface area contributed by atoms with Crippen molar-refractivity contribution in [3.63, 3.8) is 0 Å². The van der Waals surface area contributed by atoms with Crippen LogP contribution in [-0.4, -0.2) is 50.4 Å². The van der Waals surface area contributed by atoms with Crippen LogP contribution in [0.1, 0.15) is 22.2 Å². The Bertz CT molecular complexity index is 1210. The number of morpholine rings is 1. The third-order valence-corrected chi connectivity index (χ3v) is 5.15. The summed E-state index contributed by atoms with van der Waals surface area (Å²) in [6.45, 7) is 1.41. The van der Waals surface area contributed by atoms with E-state index in [1.54, 1.807) is 24.8 Å². The van der Waals surface area contributed by atoms with Crippen molar-refractivity contribution in [3.05, 3.63) is 84.6 Å². The Balaban J connectivity index is 1.36. The number of nitrogens with zero attached hydrogens (tertiary/aromatic N) is 5. The molecule has 1 aromatic carbocycles. The van der Waals surface area contributed by atoms with Gasteiger partial charge >= 0.3 is 0 Å². The molecule has 0 aliphatic carbocycles. The highest BCUT2D eigenvalue weighted by Crippen LogP contribution is 2.25. The Morgan fingerprint density at radius 1 is 1.00 bits per heavy atom. The van der Waals surface area contributed by atoms with E-state index in [0.717, 1.165) is 16.6 Å². The van der Waals surface area contributed by atoms with E-state index in [1.165, 1.54) is 0 Å². The second-order valence-electron chi connectivity index (χ2n) is 7.15. The van der Waals surface area contributed by atoms with Gasteiger partial charge in [-0.15, -0.1) is 0 Å². The highest BCUT2D eigenvalue weighted by atomic mass is 16.5. The third kappa shape index (κ3) is 4.06. The SMILES string of the molecule is O=C(c1cccc2ncccc12)N1CCOC(c2cccc(Nc3cnccn3)n2)C1. The minimum Gasteiger partial charge on any atom is -0.368 e. The van der Waals surface area contributed by atoms with Crippen LogP contribution in [0.4, 0.5) is 11.6 Å². The second kappa shape index (κ2) is 8.45. The molecular weight excluding hydrogens is 392 g/mol. The van der Waals surface area contributed by atoms with E-state index >= 15 is 0 Å². The quantitative estimate of drug-likeness (QED) is 0.549. The normalized spacial score (nSPS) is 16.3. The molecule has 1 aliphatic rings. The standard InChI is InChI=1S/C23H20N6O2/c30-23(17-4-1-6-18-16(17)5-3-9-25-18)29-12-13-31-20(15-29)19-7-2-8-21(27-19)28-22-14-24-10-11-26-22/h1-11,14,20H,12-13,15H2,(H,26,27,28). The van der Waals surface area contributed by atoms with Crippen molar-refractivity contribution in [1.29, 1.82) is 0 Å². The monoisotopic (exact) mass is 412 g/mol. The highest BCUT2D eigenvalue weighted by molar-refractivity contribution is 6.06. The summed E-state index contributed by atoms with van der Waals surface area (Å²) in [6, 6.07) is 15.1. The number of carbonyl (C=O) groups excluding carboxylic acids is 1. The van der Waals surface area contributed by atoms with Crippen LogP contribution in [-0.2, 0) is 4.74 Å². The van der Waals surface area contributed by atoms with Gasteiger partial charge in [0.2, 0.25) is 0 Å². The average Bonchev–Trinajstić information content (AvgIpc) is 2.84. The fraction of sp³-hybridized carbons (Fsp3) is 0.174. The molecule has 1 atom stereocenters. The van der Waals surface area contributed by atoms with Crippen LogP contribution < -0.4 is 5.32 Å². The molecule has 154 valence electrons. The lowest BCUT2D eigenvalue weighted by molar-refractivity contribution is -0.0246. The summed E-state index contributed by atoms with van der Waals surface area (Å²) in [5.41, 5.74) is 2.21. The van der Waals surface area contributed by atoms with Crippen LogP contribution in [0.25, 0.3) is 10.9 Å². The largest absolute Gasteiger partial charge is 0.368 e. The van der Waals surface area contributed by atoms with Gasteiger partial charge in [0, 0.05) is 36.1 Å². The smallest absolute Gasteiger partial charge is 0.254 e. The molecular formula is C23H20N6O2. The van der Waals surface area contributed by atoms with E-state index in [-0.39, 0.29) is 12.0 Å². The lowest BCUT2D eigenvalue weighted by Crippen LogP contribution is -2.42.